The Morgan fingerprint density at radius 2 is 2.00 bits per heavy atom. The highest BCUT2D eigenvalue weighted by molar-refractivity contribution is 5.88. The number of rotatable bonds is 6. The van der Waals surface area contributed by atoms with Gasteiger partial charge in [-0.2, -0.15) is 0 Å². The second-order valence-corrected chi connectivity index (χ2v) is 6.55. The van der Waals surface area contributed by atoms with Gasteiger partial charge in [0, 0.05) is 11.5 Å². The summed E-state index contributed by atoms with van der Waals surface area (Å²) in [5.41, 5.74) is 8.96. The Balaban J connectivity index is 0.00000243. The molecular weight excluding hydrogens is 352 g/mol. The number of aromatic nitrogens is 3. The molecule has 1 atom stereocenters. The second kappa shape index (κ2) is 8.47. The van der Waals surface area contributed by atoms with E-state index in [0.717, 1.165) is 35.0 Å². The standard InChI is InChI=1S/C19H24N4O2.ClH/c1-5-15-12-7-13(18-9-21-10-25-18)17(24-4)8-16(12)23-19(22-15)14(20)6-11(2)3;/h7-11,14H,5-6,20H2,1-4H3;1H. The summed E-state index contributed by atoms with van der Waals surface area (Å²) < 4.78 is 11.0. The van der Waals surface area contributed by atoms with Crippen LogP contribution in [0, 0.1) is 5.92 Å². The molecule has 2 N–H and O–H groups in total. The van der Waals surface area contributed by atoms with E-state index in [4.69, 9.17) is 24.9 Å². The summed E-state index contributed by atoms with van der Waals surface area (Å²) in [5, 5.41) is 0.982. The molecule has 7 heteroatoms. The van der Waals surface area contributed by atoms with Crippen LogP contribution in [0.15, 0.2) is 29.1 Å². The van der Waals surface area contributed by atoms with Crippen molar-refractivity contribution in [1.82, 2.24) is 15.0 Å². The first-order chi connectivity index (χ1) is 12.0. The van der Waals surface area contributed by atoms with Crippen LogP contribution in [0.1, 0.15) is 44.8 Å². The molecule has 1 unspecified atom stereocenters. The number of nitrogens with zero attached hydrogens (tertiary/aromatic N) is 3. The van der Waals surface area contributed by atoms with Gasteiger partial charge in [0.15, 0.2) is 12.2 Å². The van der Waals surface area contributed by atoms with Crippen LogP contribution in [0.25, 0.3) is 22.2 Å². The molecule has 0 spiro atoms. The summed E-state index contributed by atoms with van der Waals surface area (Å²) in [6, 6.07) is 3.75. The SMILES string of the molecule is CCc1nc(C(N)CC(C)C)nc2cc(OC)c(-c3cnco3)cc12.Cl. The molecule has 6 nitrogen and oxygen atoms in total. The quantitative estimate of drug-likeness (QED) is 0.689. The molecule has 0 aliphatic heterocycles. The molecule has 140 valence electrons. The minimum atomic E-state index is -0.172. The molecule has 2 aromatic heterocycles. The maximum Gasteiger partial charge on any atom is 0.181 e. The molecule has 0 fully saturated rings. The number of hydrogen-bond donors (Lipinski definition) is 1. The van der Waals surface area contributed by atoms with Crippen LogP contribution < -0.4 is 10.5 Å². The van der Waals surface area contributed by atoms with Crippen molar-refractivity contribution in [3.8, 4) is 17.1 Å². The van der Waals surface area contributed by atoms with Crippen molar-refractivity contribution in [3.05, 3.63) is 36.2 Å². The average Bonchev–Trinajstić information content (AvgIpc) is 3.13. The minimum Gasteiger partial charge on any atom is -0.496 e. The molecule has 0 amide bonds. The Morgan fingerprint density at radius 1 is 1.23 bits per heavy atom. The summed E-state index contributed by atoms with van der Waals surface area (Å²) in [6.07, 6.45) is 4.72. The number of fused-ring (bicyclic) bond motifs is 1. The van der Waals surface area contributed by atoms with Gasteiger partial charge in [-0.15, -0.1) is 12.4 Å². The maximum absolute atomic E-state index is 6.31. The third-order valence-electron chi connectivity index (χ3n) is 4.20. The fourth-order valence-electron chi connectivity index (χ4n) is 3.00. The Morgan fingerprint density at radius 3 is 2.58 bits per heavy atom. The van der Waals surface area contributed by atoms with Gasteiger partial charge in [-0.05, 0) is 24.8 Å². The molecule has 0 aliphatic rings. The highest BCUT2D eigenvalue weighted by atomic mass is 35.5. The zero-order chi connectivity index (χ0) is 18.0. The monoisotopic (exact) mass is 376 g/mol. The molecule has 2 heterocycles. The Bertz CT molecular complexity index is 866. The molecule has 0 radical (unpaired) electrons. The van der Waals surface area contributed by atoms with Gasteiger partial charge >= 0.3 is 0 Å². The van der Waals surface area contributed by atoms with Gasteiger partial charge in [0.25, 0.3) is 0 Å². The first-order valence-electron chi connectivity index (χ1n) is 8.56. The topological polar surface area (TPSA) is 87.1 Å². The van der Waals surface area contributed by atoms with E-state index in [-0.39, 0.29) is 18.4 Å². The van der Waals surface area contributed by atoms with Gasteiger partial charge in [-0.1, -0.05) is 20.8 Å². The molecule has 0 aliphatic carbocycles. The van der Waals surface area contributed by atoms with Crippen molar-refractivity contribution < 1.29 is 9.15 Å². The van der Waals surface area contributed by atoms with Crippen LogP contribution in [0.2, 0.25) is 0 Å². The van der Waals surface area contributed by atoms with Crippen molar-refractivity contribution in [1.29, 1.82) is 0 Å². The summed E-state index contributed by atoms with van der Waals surface area (Å²) >= 11 is 0. The van der Waals surface area contributed by atoms with E-state index in [1.807, 2.05) is 12.1 Å². The first-order valence-corrected chi connectivity index (χ1v) is 8.56. The summed E-state index contributed by atoms with van der Waals surface area (Å²) in [5.74, 6) is 2.52. The maximum atomic E-state index is 6.31. The minimum absolute atomic E-state index is 0. The van der Waals surface area contributed by atoms with Crippen molar-refractivity contribution in [3.63, 3.8) is 0 Å². The smallest absolute Gasteiger partial charge is 0.181 e. The van der Waals surface area contributed by atoms with Gasteiger partial charge in [-0.3, -0.25) is 0 Å². The summed E-state index contributed by atoms with van der Waals surface area (Å²) in [7, 11) is 1.63. The highest BCUT2D eigenvalue weighted by Gasteiger charge is 2.18. The highest BCUT2D eigenvalue weighted by Crippen LogP contribution is 2.35. The van der Waals surface area contributed by atoms with E-state index in [0.29, 0.717) is 23.3 Å². The zero-order valence-corrected chi connectivity index (χ0v) is 16.3. The first kappa shape index (κ1) is 20.1. The number of benzene rings is 1. The van der Waals surface area contributed by atoms with Gasteiger partial charge in [0.05, 0.1) is 36.1 Å². The van der Waals surface area contributed by atoms with Crippen LogP contribution in [-0.2, 0) is 6.42 Å². The van der Waals surface area contributed by atoms with E-state index in [2.05, 4.69) is 25.8 Å². The summed E-state index contributed by atoms with van der Waals surface area (Å²) in [6.45, 7) is 6.38. The third kappa shape index (κ3) is 3.97. The van der Waals surface area contributed by atoms with Crippen LogP contribution in [0.5, 0.6) is 5.75 Å². The van der Waals surface area contributed by atoms with E-state index in [1.165, 1.54) is 6.39 Å². The Labute approximate surface area is 159 Å². The summed E-state index contributed by atoms with van der Waals surface area (Å²) in [4.78, 5) is 13.4. The van der Waals surface area contributed by atoms with Crippen LogP contribution in [0.3, 0.4) is 0 Å². The van der Waals surface area contributed by atoms with Gasteiger partial charge in [-0.25, -0.2) is 15.0 Å². The van der Waals surface area contributed by atoms with Crippen LogP contribution >= 0.6 is 12.4 Å². The molecule has 1 aromatic carbocycles. The fourth-order valence-corrected chi connectivity index (χ4v) is 3.00. The third-order valence-corrected chi connectivity index (χ3v) is 4.20. The number of halogens is 1. The fraction of sp³-hybridized carbons (Fsp3) is 0.421. The number of methoxy groups -OCH3 is 1. The van der Waals surface area contributed by atoms with Crippen molar-refractivity contribution in [2.75, 3.05) is 7.11 Å². The largest absolute Gasteiger partial charge is 0.496 e. The Hall–Kier alpha value is -2.18. The molecular formula is C19H25ClN4O2. The molecule has 0 bridgehead atoms. The lowest BCUT2D eigenvalue weighted by atomic mass is 10.0. The van der Waals surface area contributed by atoms with Gasteiger partial charge in [0.1, 0.15) is 11.6 Å². The predicted molar refractivity (Wildman–Crippen MR) is 105 cm³/mol. The Kier molecular flexibility index (Phi) is 6.56. The van der Waals surface area contributed by atoms with E-state index >= 15 is 0 Å². The van der Waals surface area contributed by atoms with Crippen molar-refractivity contribution in [2.24, 2.45) is 11.7 Å². The van der Waals surface area contributed by atoms with E-state index in [9.17, 15) is 0 Å². The van der Waals surface area contributed by atoms with Gasteiger partial charge in [0.2, 0.25) is 0 Å². The average molecular weight is 377 g/mol. The predicted octanol–water partition coefficient (Wildman–Crippen LogP) is 4.32. The van der Waals surface area contributed by atoms with E-state index in [1.54, 1.807) is 13.3 Å². The number of oxazole rings is 1. The number of nitrogens with two attached hydrogens (primary N) is 1. The van der Waals surface area contributed by atoms with Crippen LogP contribution in [-0.4, -0.2) is 22.1 Å². The molecule has 3 rings (SSSR count). The van der Waals surface area contributed by atoms with Crippen molar-refractivity contribution >= 4 is 23.3 Å². The molecule has 26 heavy (non-hydrogen) atoms. The molecule has 0 saturated carbocycles. The lowest BCUT2D eigenvalue weighted by molar-refractivity contribution is 0.415. The van der Waals surface area contributed by atoms with E-state index < -0.39 is 0 Å². The molecule has 3 aromatic rings. The van der Waals surface area contributed by atoms with Gasteiger partial charge < -0.3 is 14.9 Å². The van der Waals surface area contributed by atoms with Crippen molar-refractivity contribution in [2.45, 2.75) is 39.7 Å². The molecule has 0 saturated heterocycles. The van der Waals surface area contributed by atoms with Crippen LogP contribution in [0.4, 0.5) is 0 Å². The lowest BCUT2D eigenvalue weighted by Crippen LogP contribution is -2.17. The number of hydrogen-bond acceptors (Lipinski definition) is 6. The normalized spacial score (nSPS) is 12.2. The number of aryl methyl sites for hydroxylation is 1. The second-order valence-electron chi connectivity index (χ2n) is 6.55. The number of ether oxygens (including phenoxy) is 1. The zero-order valence-electron chi connectivity index (χ0n) is 15.5. The lowest BCUT2D eigenvalue weighted by Gasteiger charge is -2.16.